The zero-order chi connectivity index (χ0) is 19.1. The first-order valence-corrected chi connectivity index (χ1v) is 9.54. The summed E-state index contributed by atoms with van der Waals surface area (Å²) in [5.74, 6) is 3.15. The van der Waals surface area contributed by atoms with E-state index in [0.717, 1.165) is 43.5 Å². The maximum absolute atomic E-state index is 5.74. The summed E-state index contributed by atoms with van der Waals surface area (Å²) in [6, 6.07) is 16.7. The van der Waals surface area contributed by atoms with Crippen LogP contribution in [0.25, 0.3) is 0 Å². The highest BCUT2D eigenvalue weighted by molar-refractivity contribution is 5.80. The van der Waals surface area contributed by atoms with Gasteiger partial charge in [0.1, 0.15) is 11.5 Å². The zero-order valence-electron chi connectivity index (χ0n) is 16.4. The molecule has 27 heavy (non-hydrogen) atoms. The average molecular weight is 367 g/mol. The van der Waals surface area contributed by atoms with Gasteiger partial charge in [0, 0.05) is 25.6 Å². The Balaban J connectivity index is 1.51. The fourth-order valence-electron chi connectivity index (χ4n) is 3.36. The van der Waals surface area contributed by atoms with Gasteiger partial charge < -0.3 is 20.1 Å². The van der Waals surface area contributed by atoms with Gasteiger partial charge in [0.25, 0.3) is 0 Å². The predicted octanol–water partition coefficient (Wildman–Crippen LogP) is 3.88. The van der Waals surface area contributed by atoms with Crippen LogP contribution in [0.3, 0.4) is 0 Å². The Hall–Kier alpha value is -2.69. The Morgan fingerprint density at radius 2 is 2.00 bits per heavy atom. The molecule has 2 atom stereocenters. The van der Waals surface area contributed by atoms with Gasteiger partial charge in [0.05, 0.1) is 19.8 Å². The van der Waals surface area contributed by atoms with Crippen LogP contribution in [0.15, 0.2) is 53.5 Å². The molecular weight excluding hydrogens is 338 g/mol. The SMILES string of the molecule is CN=C(NCCC(C)c1ccc(OC)cc1)NC1CCOc2ccccc21. The lowest BCUT2D eigenvalue weighted by Crippen LogP contribution is -2.41. The predicted molar refractivity (Wildman–Crippen MR) is 110 cm³/mol. The number of ether oxygens (including phenoxy) is 2. The quantitative estimate of drug-likeness (QED) is 0.601. The van der Waals surface area contributed by atoms with Gasteiger partial charge in [-0.2, -0.15) is 0 Å². The second-order valence-electron chi connectivity index (χ2n) is 6.83. The van der Waals surface area contributed by atoms with Crippen molar-refractivity contribution in [2.75, 3.05) is 27.3 Å². The van der Waals surface area contributed by atoms with Gasteiger partial charge in [-0.05, 0) is 36.1 Å². The first kappa shape index (κ1) is 19.1. The number of hydrogen-bond donors (Lipinski definition) is 2. The summed E-state index contributed by atoms with van der Waals surface area (Å²) in [5, 5.41) is 6.98. The summed E-state index contributed by atoms with van der Waals surface area (Å²) in [6.07, 6.45) is 1.96. The molecule has 2 aromatic rings. The summed E-state index contributed by atoms with van der Waals surface area (Å²) in [6.45, 7) is 3.83. The molecule has 1 aliphatic heterocycles. The summed E-state index contributed by atoms with van der Waals surface area (Å²) in [4.78, 5) is 4.38. The first-order chi connectivity index (χ1) is 13.2. The monoisotopic (exact) mass is 367 g/mol. The fourth-order valence-corrected chi connectivity index (χ4v) is 3.36. The van der Waals surface area contributed by atoms with E-state index in [0.29, 0.717) is 5.92 Å². The molecular formula is C22H29N3O2. The smallest absolute Gasteiger partial charge is 0.191 e. The number of aliphatic imine (C=N–C) groups is 1. The third kappa shape index (κ3) is 4.94. The van der Waals surface area contributed by atoms with Crippen LogP contribution in [0, 0.1) is 0 Å². The van der Waals surface area contributed by atoms with Crippen LogP contribution in [0.5, 0.6) is 11.5 Å². The standard InChI is InChI=1S/C22H29N3O2/c1-16(17-8-10-18(26-3)11-9-17)12-14-24-22(23-2)25-20-13-15-27-21-7-5-4-6-19(20)21/h4-11,16,20H,12-15H2,1-3H3,(H2,23,24,25). The Bertz CT molecular complexity index is 758. The van der Waals surface area contributed by atoms with Gasteiger partial charge in [-0.3, -0.25) is 4.99 Å². The van der Waals surface area contributed by atoms with Crippen molar-refractivity contribution in [2.45, 2.75) is 31.7 Å². The van der Waals surface area contributed by atoms with E-state index in [4.69, 9.17) is 9.47 Å². The Kier molecular flexibility index (Phi) is 6.58. The molecule has 5 nitrogen and oxygen atoms in total. The molecule has 144 valence electrons. The van der Waals surface area contributed by atoms with Gasteiger partial charge >= 0.3 is 0 Å². The van der Waals surface area contributed by atoms with Gasteiger partial charge in [-0.25, -0.2) is 0 Å². The number of rotatable bonds is 6. The molecule has 1 aliphatic rings. The topological polar surface area (TPSA) is 54.9 Å². The van der Waals surface area contributed by atoms with Gasteiger partial charge in [-0.1, -0.05) is 37.3 Å². The van der Waals surface area contributed by atoms with E-state index in [2.05, 4.69) is 46.8 Å². The highest BCUT2D eigenvalue weighted by Gasteiger charge is 2.21. The number of nitrogens with one attached hydrogen (secondary N) is 2. The van der Waals surface area contributed by atoms with Gasteiger partial charge in [0.15, 0.2) is 5.96 Å². The largest absolute Gasteiger partial charge is 0.497 e. The summed E-state index contributed by atoms with van der Waals surface area (Å²) in [7, 11) is 3.51. The van der Waals surface area contributed by atoms with Crippen LogP contribution in [0.4, 0.5) is 0 Å². The molecule has 5 heteroatoms. The number of guanidine groups is 1. The van der Waals surface area contributed by atoms with Crippen molar-refractivity contribution in [3.05, 3.63) is 59.7 Å². The van der Waals surface area contributed by atoms with Crippen LogP contribution in [0.2, 0.25) is 0 Å². The van der Waals surface area contributed by atoms with Crippen molar-refractivity contribution >= 4 is 5.96 Å². The van der Waals surface area contributed by atoms with E-state index < -0.39 is 0 Å². The molecule has 0 aromatic heterocycles. The maximum atomic E-state index is 5.74. The molecule has 0 amide bonds. The molecule has 2 aromatic carbocycles. The molecule has 0 aliphatic carbocycles. The minimum Gasteiger partial charge on any atom is -0.497 e. The Labute approximate surface area is 161 Å². The average Bonchev–Trinajstić information content (AvgIpc) is 2.73. The van der Waals surface area contributed by atoms with Gasteiger partial charge in [-0.15, -0.1) is 0 Å². The van der Waals surface area contributed by atoms with E-state index >= 15 is 0 Å². The highest BCUT2D eigenvalue weighted by Crippen LogP contribution is 2.31. The highest BCUT2D eigenvalue weighted by atomic mass is 16.5. The molecule has 0 radical (unpaired) electrons. The molecule has 0 fully saturated rings. The van der Waals surface area contributed by atoms with Crippen molar-refractivity contribution in [1.29, 1.82) is 0 Å². The molecule has 0 saturated carbocycles. The van der Waals surface area contributed by atoms with Crippen LogP contribution < -0.4 is 20.1 Å². The van der Waals surface area contributed by atoms with Crippen LogP contribution >= 0.6 is 0 Å². The Morgan fingerprint density at radius 1 is 1.22 bits per heavy atom. The zero-order valence-corrected chi connectivity index (χ0v) is 16.4. The van der Waals surface area contributed by atoms with E-state index in [1.807, 2.05) is 31.3 Å². The van der Waals surface area contributed by atoms with E-state index in [1.54, 1.807) is 7.11 Å². The molecule has 0 bridgehead atoms. The molecule has 3 rings (SSSR count). The maximum Gasteiger partial charge on any atom is 0.191 e. The molecule has 0 spiro atoms. The third-order valence-corrected chi connectivity index (χ3v) is 5.05. The minimum atomic E-state index is 0.222. The summed E-state index contributed by atoms with van der Waals surface area (Å²) < 4.78 is 11.0. The Morgan fingerprint density at radius 3 is 2.74 bits per heavy atom. The lowest BCUT2D eigenvalue weighted by atomic mass is 9.98. The van der Waals surface area contributed by atoms with E-state index in [1.165, 1.54) is 11.1 Å². The van der Waals surface area contributed by atoms with E-state index in [9.17, 15) is 0 Å². The molecule has 2 N–H and O–H groups in total. The minimum absolute atomic E-state index is 0.222. The van der Waals surface area contributed by atoms with Crippen LogP contribution in [0.1, 0.15) is 42.9 Å². The third-order valence-electron chi connectivity index (χ3n) is 5.05. The second kappa shape index (κ2) is 9.31. The van der Waals surface area contributed by atoms with Crippen molar-refractivity contribution in [3.8, 4) is 11.5 Å². The van der Waals surface area contributed by atoms with Crippen molar-refractivity contribution in [3.63, 3.8) is 0 Å². The number of hydrogen-bond acceptors (Lipinski definition) is 3. The second-order valence-corrected chi connectivity index (χ2v) is 6.83. The molecule has 1 heterocycles. The van der Waals surface area contributed by atoms with Crippen molar-refractivity contribution in [1.82, 2.24) is 10.6 Å². The lowest BCUT2D eigenvalue weighted by Gasteiger charge is -2.28. The van der Waals surface area contributed by atoms with Gasteiger partial charge in [0.2, 0.25) is 0 Å². The number of methoxy groups -OCH3 is 1. The first-order valence-electron chi connectivity index (χ1n) is 9.54. The summed E-state index contributed by atoms with van der Waals surface area (Å²) >= 11 is 0. The van der Waals surface area contributed by atoms with Crippen LogP contribution in [-0.2, 0) is 0 Å². The fraction of sp³-hybridized carbons (Fsp3) is 0.409. The lowest BCUT2D eigenvalue weighted by molar-refractivity contribution is 0.261. The van der Waals surface area contributed by atoms with Crippen LogP contribution in [-0.4, -0.2) is 33.3 Å². The number of fused-ring (bicyclic) bond motifs is 1. The van der Waals surface area contributed by atoms with Crippen molar-refractivity contribution in [2.24, 2.45) is 4.99 Å². The van der Waals surface area contributed by atoms with Crippen molar-refractivity contribution < 1.29 is 9.47 Å². The summed E-state index contributed by atoms with van der Waals surface area (Å²) in [5.41, 5.74) is 2.51. The molecule has 2 unspecified atom stereocenters. The number of nitrogens with zero attached hydrogens (tertiary/aromatic N) is 1. The number of benzene rings is 2. The normalized spacial score (nSPS) is 17.4. The molecule has 0 saturated heterocycles. The number of para-hydroxylation sites is 1. The van der Waals surface area contributed by atoms with E-state index in [-0.39, 0.29) is 6.04 Å².